The second kappa shape index (κ2) is 8.77. The predicted octanol–water partition coefficient (Wildman–Crippen LogP) is 3.81. The van der Waals surface area contributed by atoms with Crippen LogP contribution in [0.3, 0.4) is 0 Å². The summed E-state index contributed by atoms with van der Waals surface area (Å²) in [6.07, 6.45) is 3.87. The summed E-state index contributed by atoms with van der Waals surface area (Å²) in [5.41, 5.74) is 4.77. The Hall–Kier alpha value is -2.73. The summed E-state index contributed by atoms with van der Waals surface area (Å²) in [6.45, 7) is 4.33. The molecule has 142 valence electrons. The van der Waals surface area contributed by atoms with E-state index >= 15 is 0 Å². The monoisotopic (exact) mass is 387 g/mol. The van der Waals surface area contributed by atoms with Gasteiger partial charge in [0, 0.05) is 24.3 Å². The molecular weight excluding hydrogens is 366 g/mol. The molecule has 0 saturated carbocycles. The quantitative estimate of drug-likeness (QED) is 0.584. The molecule has 1 saturated heterocycles. The average Bonchev–Trinajstić information content (AvgIpc) is 3.20. The third-order valence-electron chi connectivity index (χ3n) is 4.33. The van der Waals surface area contributed by atoms with E-state index in [0.29, 0.717) is 17.7 Å². The molecule has 2 aromatic rings. The summed E-state index contributed by atoms with van der Waals surface area (Å²) >= 11 is 5.98. The number of nitrogens with one attached hydrogen (secondary N) is 1. The molecule has 0 bridgehead atoms. The number of halogens is 1. The Bertz CT molecular complexity index is 831. The lowest BCUT2D eigenvalue weighted by atomic mass is 10.2. The highest BCUT2D eigenvalue weighted by atomic mass is 35.5. The molecular formula is C20H22ClN3O3. The van der Waals surface area contributed by atoms with Crippen molar-refractivity contribution in [1.29, 1.82) is 0 Å². The molecule has 0 aromatic heterocycles. The van der Waals surface area contributed by atoms with E-state index in [1.54, 1.807) is 24.3 Å². The first kappa shape index (κ1) is 19.0. The van der Waals surface area contributed by atoms with Gasteiger partial charge >= 0.3 is 0 Å². The minimum absolute atomic E-state index is 0.113. The molecule has 0 unspecified atom stereocenters. The van der Waals surface area contributed by atoms with Crippen LogP contribution in [0.4, 0.5) is 5.69 Å². The van der Waals surface area contributed by atoms with Gasteiger partial charge in [-0.25, -0.2) is 5.43 Å². The van der Waals surface area contributed by atoms with E-state index < -0.39 is 0 Å². The average molecular weight is 388 g/mol. The Morgan fingerprint density at radius 3 is 2.67 bits per heavy atom. The molecule has 2 aromatic carbocycles. The first-order valence-electron chi connectivity index (χ1n) is 8.92. The van der Waals surface area contributed by atoms with Crippen LogP contribution in [-0.2, 0) is 0 Å². The van der Waals surface area contributed by atoms with Gasteiger partial charge in [0.25, 0.3) is 5.91 Å². The van der Waals surface area contributed by atoms with Gasteiger partial charge in [0.05, 0.1) is 17.8 Å². The van der Waals surface area contributed by atoms with Gasteiger partial charge in [0.15, 0.2) is 11.5 Å². The van der Waals surface area contributed by atoms with Crippen molar-refractivity contribution in [2.45, 2.75) is 19.8 Å². The number of carbonyl (C=O) groups is 1. The molecule has 0 aliphatic carbocycles. The topological polar surface area (TPSA) is 74.2 Å². The van der Waals surface area contributed by atoms with E-state index in [4.69, 9.17) is 16.3 Å². The van der Waals surface area contributed by atoms with Crippen molar-refractivity contribution in [2.75, 3.05) is 24.6 Å². The third-order valence-corrected chi connectivity index (χ3v) is 4.62. The summed E-state index contributed by atoms with van der Waals surface area (Å²) < 4.78 is 5.32. The zero-order valence-corrected chi connectivity index (χ0v) is 15.9. The van der Waals surface area contributed by atoms with Crippen molar-refractivity contribution < 1.29 is 14.6 Å². The Morgan fingerprint density at radius 1 is 1.30 bits per heavy atom. The fraction of sp³-hybridized carbons (Fsp3) is 0.300. The number of anilines is 1. The Morgan fingerprint density at radius 2 is 2.00 bits per heavy atom. The first-order valence-corrected chi connectivity index (χ1v) is 9.30. The standard InChI is InChI=1S/C20H22ClN3O3/c1-2-27-18-12-14(11-17(21)19(18)25)13-22-23-20(26)15-5-7-16(8-6-15)24-9-3-4-10-24/h5-8,11-13,25H,2-4,9-10H2,1H3,(H,23,26)/b22-13-. The van der Waals surface area contributed by atoms with Gasteiger partial charge in [-0.05, 0) is 61.7 Å². The summed E-state index contributed by atoms with van der Waals surface area (Å²) in [6, 6.07) is 10.6. The lowest BCUT2D eigenvalue weighted by Crippen LogP contribution is -2.19. The van der Waals surface area contributed by atoms with Gasteiger partial charge in [-0.3, -0.25) is 4.79 Å². The van der Waals surface area contributed by atoms with Crippen LogP contribution in [0.1, 0.15) is 35.7 Å². The van der Waals surface area contributed by atoms with Gasteiger partial charge in [-0.2, -0.15) is 5.10 Å². The zero-order valence-electron chi connectivity index (χ0n) is 15.1. The van der Waals surface area contributed by atoms with Crippen LogP contribution in [0.5, 0.6) is 11.5 Å². The SMILES string of the molecule is CCOc1cc(/C=N\NC(=O)c2ccc(N3CCCC3)cc2)cc(Cl)c1O. The number of ether oxygens (including phenoxy) is 1. The van der Waals surface area contributed by atoms with E-state index in [2.05, 4.69) is 15.4 Å². The van der Waals surface area contributed by atoms with Crippen LogP contribution < -0.4 is 15.1 Å². The van der Waals surface area contributed by atoms with Crippen LogP contribution in [-0.4, -0.2) is 36.9 Å². The fourth-order valence-corrected chi connectivity index (χ4v) is 3.18. The molecule has 6 nitrogen and oxygen atoms in total. The lowest BCUT2D eigenvalue weighted by molar-refractivity contribution is 0.0955. The molecule has 1 aliphatic rings. The summed E-state index contributed by atoms with van der Waals surface area (Å²) in [5.74, 6) is -0.137. The van der Waals surface area contributed by atoms with Gasteiger partial charge in [-0.1, -0.05) is 11.6 Å². The Labute approximate surface area is 163 Å². The van der Waals surface area contributed by atoms with Crippen molar-refractivity contribution in [3.05, 3.63) is 52.5 Å². The van der Waals surface area contributed by atoms with Crippen molar-refractivity contribution in [2.24, 2.45) is 5.10 Å². The first-order chi connectivity index (χ1) is 13.1. The second-order valence-electron chi connectivity index (χ2n) is 6.22. The van der Waals surface area contributed by atoms with E-state index in [-0.39, 0.29) is 22.4 Å². The van der Waals surface area contributed by atoms with Crippen LogP contribution in [0.15, 0.2) is 41.5 Å². The molecule has 3 rings (SSSR count). The highest BCUT2D eigenvalue weighted by Gasteiger charge is 2.13. The minimum Gasteiger partial charge on any atom is -0.503 e. The molecule has 0 radical (unpaired) electrons. The largest absolute Gasteiger partial charge is 0.503 e. The van der Waals surface area contributed by atoms with Crippen LogP contribution in [0.2, 0.25) is 5.02 Å². The number of rotatable bonds is 6. The predicted molar refractivity (Wildman–Crippen MR) is 107 cm³/mol. The van der Waals surface area contributed by atoms with Crippen molar-refractivity contribution in [3.63, 3.8) is 0 Å². The number of hydrazone groups is 1. The van der Waals surface area contributed by atoms with E-state index in [1.165, 1.54) is 19.1 Å². The molecule has 0 spiro atoms. The highest BCUT2D eigenvalue weighted by molar-refractivity contribution is 6.32. The Balaban J connectivity index is 1.63. The van der Waals surface area contributed by atoms with Gasteiger partial charge in [0.1, 0.15) is 0 Å². The van der Waals surface area contributed by atoms with Crippen LogP contribution in [0, 0.1) is 0 Å². The number of carbonyl (C=O) groups excluding carboxylic acids is 1. The molecule has 27 heavy (non-hydrogen) atoms. The maximum atomic E-state index is 12.2. The minimum atomic E-state index is -0.297. The number of hydrogen-bond acceptors (Lipinski definition) is 5. The fourth-order valence-electron chi connectivity index (χ4n) is 2.96. The van der Waals surface area contributed by atoms with Crippen molar-refractivity contribution in [1.82, 2.24) is 5.43 Å². The number of phenolic OH excluding ortho intramolecular Hbond substituents is 1. The number of nitrogens with zero attached hydrogens (tertiary/aromatic N) is 2. The lowest BCUT2D eigenvalue weighted by Gasteiger charge is -2.17. The summed E-state index contributed by atoms with van der Waals surface area (Å²) in [7, 11) is 0. The van der Waals surface area contributed by atoms with E-state index in [0.717, 1.165) is 18.8 Å². The van der Waals surface area contributed by atoms with Crippen molar-refractivity contribution >= 4 is 29.4 Å². The smallest absolute Gasteiger partial charge is 0.271 e. The van der Waals surface area contributed by atoms with E-state index in [1.807, 2.05) is 19.1 Å². The number of benzene rings is 2. The number of amides is 1. The summed E-state index contributed by atoms with van der Waals surface area (Å²) in [5, 5.41) is 14.0. The normalized spacial score (nSPS) is 13.9. The molecule has 1 fully saturated rings. The molecule has 0 atom stereocenters. The highest BCUT2D eigenvalue weighted by Crippen LogP contribution is 2.34. The number of aromatic hydroxyl groups is 1. The van der Waals surface area contributed by atoms with Crippen LogP contribution in [0.25, 0.3) is 0 Å². The molecule has 1 heterocycles. The van der Waals surface area contributed by atoms with Gasteiger partial charge < -0.3 is 14.7 Å². The van der Waals surface area contributed by atoms with Gasteiger partial charge in [-0.15, -0.1) is 0 Å². The maximum absolute atomic E-state index is 12.2. The molecule has 1 amide bonds. The zero-order chi connectivity index (χ0) is 19.2. The van der Waals surface area contributed by atoms with Crippen molar-refractivity contribution in [3.8, 4) is 11.5 Å². The Kier molecular flexibility index (Phi) is 6.19. The van der Waals surface area contributed by atoms with Gasteiger partial charge in [0.2, 0.25) is 0 Å². The number of hydrogen-bond donors (Lipinski definition) is 2. The summed E-state index contributed by atoms with van der Waals surface area (Å²) in [4.78, 5) is 14.5. The molecule has 7 heteroatoms. The number of phenols is 1. The molecule has 1 aliphatic heterocycles. The third kappa shape index (κ3) is 4.71. The maximum Gasteiger partial charge on any atom is 0.271 e. The van der Waals surface area contributed by atoms with E-state index in [9.17, 15) is 9.90 Å². The van der Waals surface area contributed by atoms with Crippen LogP contribution >= 0.6 is 11.6 Å². The molecule has 2 N–H and O–H groups in total. The second-order valence-corrected chi connectivity index (χ2v) is 6.63.